The van der Waals surface area contributed by atoms with Crippen LogP contribution in [0.15, 0.2) is 18.5 Å². The zero-order chi connectivity index (χ0) is 15.4. The van der Waals surface area contributed by atoms with Gasteiger partial charge in [-0.25, -0.2) is 9.67 Å². The van der Waals surface area contributed by atoms with Crippen molar-refractivity contribution < 1.29 is 4.74 Å². The van der Waals surface area contributed by atoms with E-state index >= 15 is 0 Å². The van der Waals surface area contributed by atoms with Crippen LogP contribution >= 0.6 is 11.6 Å². The molecule has 5 nitrogen and oxygen atoms in total. The molecular formula is C16H21ClN4O. The number of aryl methyl sites for hydroxylation is 1. The van der Waals surface area contributed by atoms with Crippen molar-refractivity contribution in [1.82, 2.24) is 19.7 Å². The molecule has 2 aromatic heterocycles. The Kier molecular flexibility index (Phi) is 5.05. The van der Waals surface area contributed by atoms with Crippen LogP contribution in [0.3, 0.4) is 0 Å². The van der Waals surface area contributed by atoms with Crippen LogP contribution < -0.4 is 0 Å². The van der Waals surface area contributed by atoms with Gasteiger partial charge in [0.25, 0.3) is 0 Å². The van der Waals surface area contributed by atoms with Crippen LogP contribution in [0, 0.1) is 0 Å². The van der Waals surface area contributed by atoms with Crippen LogP contribution in [0.5, 0.6) is 0 Å². The number of rotatable bonds is 6. The van der Waals surface area contributed by atoms with Crippen molar-refractivity contribution in [1.29, 1.82) is 0 Å². The van der Waals surface area contributed by atoms with E-state index in [1.54, 1.807) is 12.4 Å². The van der Waals surface area contributed by atoms with Gasteiger partial charge in [-0.05, 0) is 18.9 Å². The highest BCUT2D eigenvalue weighted by Crippen LogP contribution is 2.30. The van der Waals surface area contributed by atoms with E-state index in [0.29, 0.717) is 11.6 Å². The van der Waals surface area contributed by atoms with Crippen molar-refractivity contribution in [3.8, 4) is 11.4 Å². The fourth-order valence-electron chi connectivity index (χ4n) is 2.72. The van der Waals surface area contributed by atoms with Gasteiger partial charge in [0, 0.05) is 31.0 Å². The Balaban J connectivity index is 1.93. The molecule has 3 rings (SSSR count). The van der Waals surface area contributed by atoms with Gasteiger partial charge in [-0.15, -0.1) is 0 Å². The van der Waals surface area contributed by atoms with Gasteiger partial charge in [0.15, 0.2) is 11.6 Å². The smallest absolute Gasteiger partial charge is 0.160 e. The summed E-state index contributed by atoms with van der Waals surface area (Å²) < 4.78 is 7.50. The molecule has 0 aromatic carbocycles. The minimum Gasteiger partial charge on any atom is -0.379 e. The molecule has 1 saturated heterocycles. The number of pyridine rings is 1. The first-order valence-corrected chi connectivity index (χ1v) is 8.30. The molecule has 0 saturated carbocycles. The topological polar surface area (TPSA) is 52.8 Å². The van der Waals surface area contributed by atoms with E-state index in [-0.39, 0.29) is 6.04 Å². The van der Waals surface area contributed by atoms with Gasteiger partial charge in [-0.2, -0.15) is 5.10 Å². The molecule has 0 spiro atoms. The average Bonchev–Trinajstić information content (AvgIpc) is 3.17. The molecule has 0 bridgehead atoms. The van der Waals surface area contributed by atoms with E-state index < -0.39 is 0 Å². The summed E-state index contributed by atoms with van der Waals surface area (Å²) in [6, 6.07) is 2.14. The second-order valence-corrected chi connectivity index (χ2v) is 6.03. The summed E-state index contributed by atoms with van der Waals surface area (Å²) in [5.74, 6) is 1.72. The number of aromatic nitrogens is 4. The van der Waals surface area contributed by atoms with Gasteiger partial charge in [0.05, 0.1) is 17.7 Å². The number of hydrogen-bond donors (Lipinski definition) is 0. The zero-order valence-corrected chi connectivity index (χ0v) is 13.6. The molecule has 0 aliphatic carbocycles. The molecule has 0 N–H and O–H groups in total. The standard InChI is InChI=1S/C16H21ClN4O/c1-2-3-4-5-15-19-16(13-6-8-18-10-14(13)17)21(20-15)12-7-9-22-11-12/h6,8,10,12H,2-5,7,9,11H2,1H3. The first-order valence-electron chi connectivity index (χ1n) is 7.92. The van der Waals surface area contributed by atoms with E-state index in [1.165, 1.54) is 12.8 Å². The van der Waals surface area contributed by atoms with Gasteiger partial charge >= 0.3 is 0 Å². The fraction of sp³-hybridized carbons (Fsp3) is 0.562. The summed E-state index contributed by atoms with van der Waals surface area (Å²) in [6.07, 6.45) is 8.77. The zero-order valence-electron chi connectivity index (χ0n) is 12.8. The first-order chi connectivity index (χ1) is 10.8. The van der Waals surface area contributed by atoms with Gasteiger partial charge < -0.3 is 4.74 Å². The van der Waals surface area contributed by atoms with Crippen molar-refractivity contribution >= 4 is 11.6 Å². The Bertz CT molecular complexity index is 622. The summed E-state index contributed by atoms with van der Waals surface area (Å²) in [6.45, 7) is 3.66. The third-order valence-corrected chi connectivity index (χ3v) is 4.25. The predicted octanol–water partition coefficient (Wildman–Crippen LogP) is 3.69. The van der Waals surface area contributed by atoms with Crippen LogP contribution in [-0.4, -0.2) is 33.0 Å². The van der Waals surface area contributed by atoms with Crippen molar-refractivity contribution in [2.24, 2.45) is 0 Å². The lowest BCUT2D eigenvalue weighted by Crippen LogP contribution is -2.12. The molecule has 3 heterocycles. The Morgan fingerprint density at radius 3 is 3.05 bits per heavy atom. The Labute approximate surface area is 135 Å². The highest BCUT2D eigenvalue weighted by Gasteiger charge is 2.24. The third-order valence-electron chi connectivity index (χ3n) is 3.94. The summed E-state index contributed by atoms with van der Waals surface area (Å²) in [5.41, 5.74) is 0.887. The molecule has 1 aliphatic rings. The normalized spacial score (nSPS) is 18.0. The SMILES string of the molecule is CCCCCc1nc(-c2ccncc2Cl)n(C2CCOC2)n1. The molecule has 0 amide bonds. The monoisotopic (exact) mass is 320 g/mol. The summed E-state index contributed by atoms with van der Waals surface area (Å²) in [7, 11) is 0. The maximum absolute atomic E-state index is 6.30. The molecular weight excluding hydrogens is 300 g/mol. The summed E-state index contributed by atoms with van der Waals surface area (Å²) in [4.78, 5) is 8.79. The molecule has 1 atom stereocenters. The lowest BCUT2D eigenvalue weighted by atomic mass is 10.2. The van der Waals surface area contributed by atoms with E-state index in [1.807, 2.05) is 10.7 Å². The van der Waals surface area contributed by atoms with Gasteiger partial charge in [0.2, 0.25) is 0 Å². The molecule has 1 aliphatic heterocycles. The molecule has 6 heteroatoms. The molecule has 22 heavy (non-hydrogen) atoms. The van der Waals surface area contributed by atoms with Crippen molar-refractivity contribution in [2.75, 3.05) is 13.2 Å². The maximum atomic E-state index is 6.30. The summed E-state index contributed by atoms with van der Waals surface area (Å²) in [5, 5.41) is 5.33. The number of ether oxygens (including phenoxy) is 1. The van der Waals surface area contributed by atoms with Crippen LogP contribution in [0.25, 0.3) is 11.4 Å². The minimum absolute atomic E-state index is 0.242. The van der Waals surface area contributed by atoms with Crippen LogP contribution in [0.1, 0.15) is 44.5 Å². The number of nitrogens with zero attached hydrogens (tertiary/aromatic N) is 4. The van der Waals surface area contributed by atoms with Gasteiger partial charge in [0.1, 0.15) is 0 Å². The highest BCUT2D eigenvalue weighted by atomic mass is 35.5. The molecule has 0 radical (unpaired) electrons. The largest absolute Gasteiger partial charge is 0.379 e. The second kappa shape index (κ2) is 7.20. The van der Waals surface area contributed by atoms with E-state index in [4.69, 9.17) is 26.4 Å². The van der Waals surface area contributed by atoms with Crippen LogP contribution in [0.4, 0.5) is 0 Å². The van der Waals surface area contributed by atoms with Gasteiger partial charge in [-0.3, -0.25) is 4.98 Å². The number of hydrogen-bond acceptors (Lipinski definition) is 4. The van der Waals surface area contributed by atoms with Crippen LogP contribution in [0.2, 0.25) is 5.02 Å². The molecule has 118 valence electrons. The van der Waals surface area contributed by atoms with Crippen molar-refractivity contribution in [3.63, 3.8) is 0 Å². The lowest BCUT2D eigenvalue weighted by molar-refractivity contribution is 0.184. The second-order valence-electron chi connectivity index (χ2n) is 5.63. The Hall–Kier alpha value is -1.46. The van der Waals surface area contributed by atoms with E-state index in [9.17, 15) is 0 Å². The number of unbranched alkanes of at least 4 members (excludes halogenated alkanes) is 2. The number of halogens is 1. The van der Waals surface area contributed by atoms with E-state index in [0.717, 1.165) is 43.1 Å². The Morgan fingerprint density at radius 2 is 2.32 bits per heavy atom. The molecule has 1 unspecified atom stereocenters. The van der Waals surface area contributed by atoms with Crippen molar-refractivity contribution in [3.05, 3.63) is 29.3 Å². The predicted molar refractivity (Wildman–Crippen MR) is 86.0 cm³/mol. The van der Waals surface area contributed by atoms with Crippen molar-refractivity contribution in [2.45, 2.75) is 45.1 Å². The maximum Gasteiger partial charge on any atom is 0.160 e. The van der Waals surface area contributed by atoms with E-state index in [2.05, 4.69) is 11.9 Å². The van der Waals surface area contributed by atoms with Crippen LogP contribution in [-0.2, 0) is 11.2 Å². The average molecular weight is 321 g/mol. The summed E-state index contributed by atoms with van der Waals surface area (Å²) >= 11 is 6.30. The molecule has 1 fully saturated rings. The van der Waals surface area contributed by atoms with Gasteiger partial charge in [-0.1, -0.05) is 31.4 Å². The first kappa shape index (κ1) is 15.4. The quantitative estimate of drug-likeness (QED) is 0.762. The minimum atomic E-state index is 0.242. The fourth-order valence-corrected chi connectivity index (χ4v) is 2.92. The third kappa shape index (κ3) is 3.31. The highest BCUT2D eigenvalue weighted by molar-refractivity contribution is 6.33. The Morgan fingerprint density at radius 1 is 1.41 bits per heavy atom. The lowest BCUT2D eigenvalue weighted by Gasteiger charge is -2.12. The molecule has 2 aromatic rings.